The zero-order valence-electron chi connectivity index (χ0n) is 11.1. The van der Waals surface area contributed by atoms with Crippen LogP contribution in [0.4, 0.5) is 0 Å². The lowest BCUT2D eigenvalue weighted by molar-refractivity contribution is -0.145. The number of esters is 1. The highest BCUT2D eigenvalue weighted by Crippen LogP contribution is 2.01. The second kappa shape index (κ2) is 8.25. The van der Waals surface area contributed by atoms with Crippen LogP contribution in [0.15, 0.2) is 12.5 Å². The highest BCUT2D eigenvalue weighted by atomic mass is 16.5. The molecule has 19 heavy (non-hydrogen) atoms. The first-order valence-corrected chi connectivity index (χ1v) is 6.09. The van der Waals surface area contributed by atoms with Gasteiger partial charge < -0.3 is 19.8 Å². The number of amides is 1. The van der Waals surface area contributed by atoms with Gasteiger partial charge >= 0.3 is 5.97 Å². The first kappa shape index (κ1) is 15.2. The van der Waals surface area contributed by atoms with Crippen molar-refractivity contribution in [3.8, 4) is 0 Å². The summed E-state index contributed by atoms with van der Waals surface area (Å²) in [6, 6.07) is -0.723. The number of aromatic nitrogens is 2. The van der Waals surface area contributed by atoms with Gasteiger partial charge in [-0.1, -0.05) is 0 Å². The molecule has 0 aromatic carbocycles. The molecule has 1 aromatic heterocycles. The van der Waals surface area contributed by atoms with Gasteiger partial charge in [-0.15, -0.1) is 0 Å². The molecule has 1 heterocycles. The quantitative estimate of drug-likeness (QED) is 0.513. The number of aromatic amines is 1. The number of hydrogen-bond acceptors (Lipinski definition) is 5. The molecule has 2 N–H and O–H groups in total. The number of hydrogen-bond donors (Lipinski definition) is 2. The highest BCUT2D eigenvalue weighted by molar-refractivity contribution is 5.84. The summed E-state index contributed by atoms with van der Waals surface area (Å²) in [4.78, 5) is 30.0. The molecule has 0 fully saturated rings. The van der Waals surface area contributed by atoms with Crippen molar-refractivity contribution in [3.63, 3.8) is 0 Å². The molecular weight excluding hydrogens is 250 g/mol. The number of nitrogens with zero attached hydrogens (tertiary/aromatic N) is 1. The lowest BCUT2D eigenvalue weighted by atomic mass is 10.1. The molecule has 7 heteroatoms. The Morgan fingerprint density at radius 2 is 2.32 bits per heavy atom. The van der Waals surface area contributed by atoms with Gasteiger partial charge in [0, 0.05) is 31.3 Å². The molecule has 0 saturated heterocycles. The zero-order valence-corrected chi connectivity index (χ0v) is 11.1. The van der Waals surface area contributed by atoms with Crippen molar-refractivity contribution in [2.24, 2.45) is 0 Å². The third-order valence-corrected chi connectivity index (χ3v) is 2.48. The number of carbonyl (C=O) groups is 2. The van der Waals surface area contributed by atoms with E-state index in [9.17, 15) is 9.59 Å². The molecule has 1 amide bonds. The van der Waals surface area contributed by atoms with Crippen LogP contribution in [0.1, 0.15) is 19.0 Å². The van der Waals surface area contributed by atoms with Crippen molar-refractivity contribution in [3.05, 3.63) is 18.2 Å². The van der Waals surface area contributed by atoms with E-state index in [1.165, 1.54) is 13.4 Å². The van der Waals surface area contributed by atoms with Gasteiger partial charge in [0.05, 0.1) is 20.0 Å². The van der Waals surface area contributed by atoms with E-state index >= 15 is 0 Å². The van der Waals surface area contributed by atoms with Crippen LogP contribution < -0.4 is 5.32 Å². The Labute approximate surface area is 111 Å². The molecule has 1 rings (SSSR count). The smallest absolute Gasteiger partial charge is 0.328 e. The van der Waals surface area contributed by atoms with Crippen LogP contribution in [0.5, 0.6) is 0 Å². The Morgan fingerprint density at radius 3 is 2.89 bits per heavy atom. The van der Waals surface area contributed by atoms with Crippen LogP contribution >= 0.6 is 0 Å². The minimum atomic E-state index is -0.723. The van der Waals surface area contributed by atoms with Crippen molar-refractivity contribution in [2.75, 3.05) is 20.3 Å². The normalized spacial score (nSPS) is 11.9. The number of H-pyrrole nitrogens is 1. The van der Waals surface area contributed by atoms with Crippen LogP contribution in [0.3, 0.4) is 0 Å². The number of carbonyl (C=O) groups excluding carboxylic acids is 2. The molecule has 0 saturated carbocycles. The van der Waals surface area contributed by atoms with Crippen LogP contribution in [0, 0.1) is 0 Å². The lowest BCUT2D eigenvalue weighted by Gasteiger charge is -2.15. The van der Waals surface area contributed by atoms with Gasteiger partial charge in [-0.3, -0.25) is 4.79 Å². The molecule has 106 valence electrons. The van der Waals surface area contributed by atoms with Crippen LogP contribution in [0.2, 0.25) is 0 Å². The molecule has 0 aliphatic heterocycles. The molecule has 0 spiro atoms. The lowest BCUT2D eigenvalue weighted by Crippen LogP contribution is -2.43. The molecular formula is C12H19N3O4. The third kappa shape index (κ3) is 5.52. The maximum absolute atomic E-state index is 11.7. The molecule has 0 bridgehead atoms. The zero-order chi connectivity index (χ0) is 14.1. The number of rotatable bonds is 8. The minimum absolute atomic E-state index is 0.213. The summed E-state index contributed by atoms with van der Waals surface area (Å²) in [5.74, 6) is -0.734. The van der Waals surface area contributed by atoms with Crippen molar-refractivity contribution < 1.29 is 19.1 Å². The summed E-state index contributed by atoms with van der Waals surface area (Å²) in [7, 11) is 1.29. The average Bonchev–Trinajstić information content (AvgIpc) is 2.90. The number of nitrogens with one attached hydrogen (secondary N) is 2. The van der Waals surface area contributed by atoms with E-state index in [1.54, 1.807) is 6.20 Å². The van der Waals surface area contributed by atoms with Crippen molar-refractivity contribution in [1.29, 1.82) is 0 Å². The van der Waals surface area contributed by atoms with Gasteiger partial charge in [0.2, 0.25) is 5.91 Å². The largest absolute Gasteiger partial charge is 0.467 e. The van der Waals surface area contributed by atoms with Gasteiger partial charge in [0.15, 0.2) is 0 Å². The fourth-order valence-electron chi connectivity index (χ4n) is 1.53. The highest BCUT2D eigenvalue weighted by Gasteiger charge is 2.22. The summed E-state index contributed by atoms with van der Waals surface area (Å²) < 4.78 is 9.75. The number of methoxy groups -OCH3 is 1. The van der Waals surface area contributed by atoms with Gasteiger partial charge in [0.1, 0.15) is 6.04 Å². The predicted molar refractivity (Wildman–Crippen MR) is 67.3 cm³/mol. The van der Waals surface area contributed by atoms with Crippen molar-refractivity contribution >= 4 is 11.9 Å². The van der Waals surface area contributed by atoms with Gasteiger partial charge in [-0.05, 0) is 6.92 Å². The maximum atomic E-state index is 11.7. The van der Waals surface area contributed by atoms with E-state index in [2.05, 4.69) is 20.0 Å². The third-order valence-electron chi connectivity index (χ3n) is 2.48. The average molecular weight is 269 g/mol. The second-order valence-electron chi connectivity index (χ2n) is 3.87. The second-order valence-corrected chi connectivity index (χ2v) is 3.87. The summed E-state index contributed by atoms with van der Waals surface area (Å²) in [5, 5.41) is 2.62. The molecule has 1 aromatic rings. The molecule has 0 radical (unpaired) electrons. The molecule has 0 aliphatic carbocycles. The standard InChI is InChI=1S/C12H19N3O4/c1-3-19-5-4-11(16)15-10(12(17)18-2)6-9-7-13-8-14-9/h7-8,10H,3-6H2,1-2H3,(H,13,14)(H,15,16)/t10-/m0/s1. The minimum Gasteiger partial charge on any atom is -0.467 e. The Morgan fingerprint density at radius 1 is 1.53 bits per heavy atom. The van der Waals surface area contributed by atoms with Gasteiger partial charge in [-0.25, -0.2) is 9.78 Å². The van der Waals surface area contributed by atoms with E-state index in [1.807, 2.05) is 6.92 Å². The first-order valence-electron chi connectivity index (χ1n) is 6.09. The van der Waals surface area contributed by atoms with Crippen LogP contribution in [0.25, 0.3) is 0 Å². The number of ether oxygens (including phenoxy) is 2. The molecule has 1 atom stereocenters. The van der Waals surface area contributed by atoms with Crippen LogP contribution in [-0.4, -0.2) is 48.2 Å². The monoisotopic (exact) mass is 269 g/mol. The SMILES string of the molecule is CCOCCC(=O)N[C@@H](Cc1cnc[nH]1)C(=O)OC. The predicted octanol–water partition coefficient (Wildman–Crippen LogP) is 0.0366. The van der Waals surface area contributed by atoms with Crippen molar-refractivity contribution in [1.82, 2.24) is 15.3 Å². The summed E-state index contributed by atoms with van der Waals surface area (Å²) >= 11 is 0. The van der Waals surface area contributed by atoms with E-state index in [-0.39, 0.29) is 12.3 Å². The summed E-state index contributed by atoms with van der Waals surface area (Å²) in [6.07, 6.45) is 3.64. The first-order chi connectivity index (χ1) is 9.17. The van der Waals surface area contributed by atoms with Crippen LogP contribution in [-0.2, 0) is 25.5 Å². The topological polar surface area (TPSA) is 93.3 Å². The van der Waals surface area contributed by atoms with Gasteiger partial charge in [0.25, 0.3) is 0 Å². The molecule has 0 aliphatic rings. The van der Waals surface area contributed by atoms with E-state index < -0.39 is 12.0 Å². The Kier molecular flexibility index (Phi) is 6.59. The van der Waals surface area contributed by atoms with Gasteiger partial charge in [-0.2, -0.15) is 0 Å². The fraction of sp³-hybridized carbons (Fsp3) is 0.583. The Balaban J connectivity index is 2.50. The van der Waals surface area contributed by atoms with Crippen molar-refractivity contribution in [2.45, 2.75) is 25.8 Å². The molecule has 7 nitrogen and oxygen atoms in total. The summed E-state index contributed by atoms with van der Waals surface area (Å²) in [5.41, 5.74) is 0.750. The number of imidazole rings is 1. The molecule has 0 unspecified atom stereocenters. The fourth-order valence-corrected chi connectivity index (χ4v) is 1.53. The Bertz CT molecular complexity index is 392. The maximum Gasteiger partial charge on any atom is 0.328 e. The van der Waals surface area contributed by atoms with E-state index in [4.69, 9.17) is 4.74 Å². The summed E-state index contributed by atoms with van der Waals surface area (Å²) in [6.45, 7) is 2.75. The van der Waals surface area contributed by atoms with E-state index in [0.717, 1.165) is 5.69 Å². The Hall–Kier alpha value is -1.89. The van der Waals surface area contributed by atoms with E-state index in [0.29, 0.717) is 19.6 Å².